The summed E-state index contributed by atoms with van der Waals surface area (Å²) in [6.45, 7) is 15.1. The summed E-state index contributed by atoms with van der Waals surface area (Å²) in [6.07, 6.45) is 0. The van der Waals surface area contributed by atoms with Crippen LogP contribution in [0.15, 0.2) is 24.3 Å². The quantitative estimate of drug-likeness (QED) is 0.308. The second-order valence-electron chi connectivity index (χ2n) is 8.48. The fraction of sp³-hybridized carbons (Fsp3) is 0.619. The Morgan fingerprint density at radius 3 is 2.04 bits per heavy atom. The summed E-state index contributed by atoms with van der Waals surface area (Å²) in [5.74, 6) is -0.262. The van der Waals surface area contributed by atoms with E-state index in [1.54, 1.807) is 24.3 Å². The van der Waals surface area contributed by atoms with Crippen LogP contribution in [0.1, 0.15) is 64.4 Å². The maximum absolute atomic E-state index is 11.0. The number of benzene rings is 1. The highest BCUT2D eigenvalue weighted by Gasteiger charge is 2.21. The van der Waals surface area contributed by atoms with Gasteiger partial charge in [0.2, 0.25) is 0 Å². The molecular weight excluding hydrogens is 348 g/mol. The molecule has 6 nitrogen and oxygen atoms in total. The summed E-state index contributed by atoms with van der Waals surface area (Å²) in [5.41, 5.74) is 1.35. The minimum Gasteiger partial charge on any atom is -0.465 e. The van der Waals surface area contributed by atoms with Crippen LogP contribution in [0.3, 0.4) is 0 Å². The molecule has 6 heteroatoms. The molecule has 0 radical (unpaired) electrons. The molecule has 0 saturated carbocycles. The van der Waals surface area contributed by atoms with Crippen LogP contribution in [0, 0.1) is 10.8 Å². The minimum atomic E-state index is -0.237. The third-order valence-electron chi connectivity index (χ3n) is 3.31. The Morgan fingerprint density at radius 2 is 1.56 bits per heavy atom. The van der Waals surface area contributed by atoms with Crippen LogP contribution in [-0.2, 0) is 25.8 Å². The Balaban J connectivity index is 0.000000511. The maximum Gasteiger partial charge on any atom is 0.302 e. The number of carbonyl (C=O) groups is 2. The Hall–Kier alpha value is -1.76. The predicted octanol–water partition coefficient (Wildman–Crippen LogP) is 4.52. The molecular formula is C21H34O6. The first-order valence-electron chi connectivity index (χ1n) is 8.94. The van der Waals surface area contributed by atoms with E-state index in [0.29, 0.717) is 24.3 Å². The number of hydrogen-bond acceptors (Lipinski definition) is 6. The maximum atomic E-state index is 11.0. The van der Waals surface area contributed by atoms with Crippen LogP contribution in [0.2, 0.25) is 0 Å². The van der Waals surface area contributed by atoms with Crippen molar-refractivity contribution in [1.82, 2.24) is 0 Å². The van der Waals surface area contributed by atoms with E-state index in [1.165, 1.54) is 13.8 Å². The van der Waals surface area contributed by atoms with Crippen molar-refractivity contribution >= 4 is 11.8 Å². The van der Waals surface area contributed by atoms with Gasteiger partial charge in [-0.25, -0.2) is 4.89 Å². The Bertz CT molecular complexity index is 587. The summed E-state index contributed by atoms with van der Waals surface area (Å²) in [4.78, 5) is 25.6. The third-order valence-corrected chi connectivity index (χ3v) is 3.31. The monoisotopic (exact) mass is 382 g/mol. The van der Waals surface area contributed by atoms with E-state index in [4.69, 9.17) is 14.7 Å². The summed E-state index contributed by atoms with van der Waals surface area (Å²) >= 11 is 0. The van der Waals surface area contributed by atoms with Gasteiger partial charge in [0.05, 0.1) is 19.8 Å². The SMILES string of the molecule is CC(=O)OCC(C)(C)COCC(C)(C)C.CC(=O)c1ccccc1COO. The average Bonchev–Trinajstić information content (AvgIpc) is 2.53. The van der Waals surface area contributed by atoms with Crippen molar-refractivity contribution in [3.8, 4) is 0 Å². The van der Waals surface area contributed by atoms with Crippen LogP contribution in [0.5, 0.6) is 0 Å². The molecule has 0 atom stereocenters. The van der Waals surface area contributed by atoms with Crippen LogP contribution in [0.25, 0.3) is 0 Å². The Morgan fingerprint density at radius 1 is 0.963 bits per heavy atom. The first-order chi connectivity index (χ1) is 12.4. The molecule has 0 saturated heterocycles. The van der Waals surface area contributed by atoms with E-state index in [0.717, 1.165) is 6.61 Å². The summed E-state index contributed by atoms with van der Waals surface area (Å²) < 4.78 is 10.6. The standard InChI is InChI=1S/C12H24O3.C9H10O3/c1-10(13)15-9-12(5,6)8-14-7-11(2,3)4;1-7(10)9-5-3-2-4-8(9)6-12-11/h7-9H2,1-6H3;2-5,11H,6H2,1H3. The van der Waals surface area contributed by atoms with Gasteiger partial charge in [0.25, 0.3) is 0 Å². The van der Waals surface area contributed by atoms with Gasteiger partial charge in [-0.2, -0.15) is 0 Å². The van der Waals surface area contributed by atoms with E-state index >= 15 is 0 Å². The van der Waals surface area contributed by atoms with E-state index < -0.39 is 0 Å². The highest BCUT2D eigenvalue weighted by Crippen LogP contribution is 2.19. The molecule has 0 bridgehead atoms. The van der Waals surface area contributed by atoms with E-state index in [9.17, 15) is 9.59 Å². The number of ether oxygens (including phenoxy) is 2. The zero-order valence-corrected chi connectivity index (χ0v) is 17.6. The Labute approximate surface area is 162 Å². The molecule has 0 aliphatic rings. The lowest BCUT2D eigenvalue weighted by Crippen LogP contribution is -2.28. The minimum absolute atomic E-state index is 0.0253. The molecule has 27 heavy (non-hydrogen) atoms. The van der Waals surface area contributed by atoms with E-state index in [1.807, 2.05) is 13.8 Å². The molecule has 0 amide bonds. The normalized spacial score (nSPS) is 11.4. The number of carbonyl (C=O) groups excluding carboxylic acids is 2. The van der Waals surface area contributed by atoms with Gasteiger partial charge in [0, 0.05) is 17.9 Å². The highest BCUT2D eigenvalue weighted by atomic mass is 17.1. The molecule has 0 aliphatic carbocycles. The van der Waals surface area contributed by atoms with Crippen molar-refractivity contribution in [3.63, 3.8) is 0 Å². The zero-order chi connectivity index (χ0) is 21.1. The molecule has 1 rings (SSSR count). The summed E-state index contributed by atoms with van der Waals surface area (Å²) in [5, 5.41) is 8.21. The van der Waals surface area contributed by atoms with E-state index in [-0.39, 0.29) is 29.2 Å². The zero-order valence-electron chi connectivity index (χ0n) is 17.6. The lowest BCUT2D eigenvalue weighted by molar-refractivity contribution is -0.253. The topological polar surface area (TPSA) is 82.1 Å². The van der Waals surface area contributed by atoms with E-state index in [2.05, 4.69) is 25.7 Å². The molecule has 0 heterocycles. The van der Waals surface area contributed by atoms with Crippen molar-refractivity contribution in [2.24, 2.45) is 10.8 Å². The fourth-order valence-corrected chi connectivity index (χ4v) is 2.03. The number of rotatable bonds is 8. The number of esters is 1. The van der Waals surface area contributed by atoms with Crippen molar-refractivity contribution in [2.45, 2.75) is 55.1 Å². The first kappa shape index (κ1) is 25.2. The predicted molar refractivity (Wildman–Crippen MR) is 105 cm³/mol. The van der Waals surface area contributed by atoms with Crippen LogP contribution in [0.4, 0.5) is 0 Å². The van der Waals surface area contributed by atoms with Gasteiger partial charge in [-0.05, 0) is 17.9 Å². The van der Waals surface area contributed by atoms with Crippen molar-refractivity contribution in [2.75, 3.05) is 19.8 Å². The van der Waals surface area contributed by atoms with Gasteiger partial charge in [-0.1, -0.05) is 58.9 Å². The van der Waals surface area contributed by atoms with Gasteiger partial charge in [0.15, 0.2) is 5.78 Å². The first-order valence-corrected chi connectivity index (χ1v) is 8.94. The van der Waals surface area contributed by atoms with Crippen LogP contribution < -0.4 is 0 Å². The second-order valence-corrected chi connectivity index (χ2v) is 8.48. The lowest BCUT2D eigenvalue weighted by atomic mass is 9.95. The van der Waals surface area contributed by atoms with Gasteiger partial charge in [-0.15, -0.1) is 0 Å². The van der Waals surface area contributed by atoms with Gasteiger partial charge in [0.1, 0.15) is 6.61 Å². The van der Waals surface area contributed by atoms with Crippen LogP contribution in [-0.4, -0.2) is 36.8 Å². The van der Waals surface area contributed by atoms with Gasteiger partial charge < -0.3 is 9.47 Å². The highest BCUT2D eigenvalue weighted by molar-refractivity contribution is 5.95. The average molecular weight is 382 g/mol. The molecule has 154 valence electrons. The largest absolute Gasteiger partial charge is 0.465 e. The molecule has 0 aromatic heterocycles. The van der Waals surface area contributed by atoms with Crippen molar-refractivity contribution < 1.29 is 29.2 Å². The smallest absolute Gasteiger partial charge is 0.302 e. The third kappa shape index (κ3) is 13.1. The molecule has 0 fully saturated rings. The fourth-order valence-electron chi connectivity index (χ4n) is 2.03. The second kappa shape index (κ2) is 11.8. The van der Waals surface area contributed by atoms with Crippen molar-refractivity contribution in [3.05, 3.63) is 35.4 Å². The number of hydrogen-bond donors (Lipinski definition) is 1. The summed E-state index contributed by atoms with van der Waals surface area (Å²) in [6, 6.07) is 7.02. The van der Waals surface area contributed by atoms with Gasteiger partial charge >= 0.3 is 5.97 Å². The molecule has 0 spiro atoms. The summed E-state index contributed by atoms with van der Waals surface area (Å²) in [7, 11) is 0. The number of ketones is 1. The molecule has 0 unspecified atom stereocenters. The lowest BCUT2D eigenvalue weighted by Gasteiger charge is -2.26. The molecule has 1 aromatic carbocycles. The van der Waals surface area contributed by atoms with Crippen molar-refractivity contribution in [1.29, 1.82) is 0 Å². The number of Topliss-reactive ketones (excluding diaryl/α,β-unsaturated/α-hetero) is 1. The molecule has 1 aromatic rings. The Kier molecular flexibility index (Phi) is 11.1. The molecule has 1 N–H and O–H groups in total. The van der Waals surface area contributed by atoms with Gasteiger partial charge in [-0.3, -0.25) is 14.8 Å². The molecule has 0 aliphatic heterocycles. The van der Waals surface area contributed by atoms with Crippen LogP contribution >= 0.6 is 0 Å².